The van der Waals surface area contributed by atoms with Crippen LogP contribution in [-0.2, 0) is 0 Å². The normalized spacial score (nSPS) is 12.4. The summed E-state index contributed by atoms with van der Waals surface area (Å²) in [6.45, 7) is 9.20. The Labute approximate surface area is 146 Å². The van der Waals surface area contributed by atoms with Crippen LogP contribution in [0.3, 0.4) is 0 Å². The topological polar surface area (TPSA) is 49.8 Å². The average Bonchev–Trinajstić information content (AvgIpc) is 2.61. The largest absolute Gasteiger partial charge is 0.491 e. The van der Waals surface area contributed by atoms with Crippen molar-refractivity contribution in [2.24, 2.45) is 0 Å². The molecule has 0 fully saturated rings. The molecule has 1 N–H and O–H groups in total. The second-order valence-corrected chi connectivity index (χ2v) is 6.27. The van der Waals surface area contributed by atoms with Crippen LogP contribution in [0.25, 0.3) is 0 Å². The number of hydrogen-bond acceptors (Lipinski definition) is 4. The van der Waals surface area contributed by atoms with Crippen molar-refractivity contribution in [3.8, 4) is 5.75 Å². The molecule has 1 aromatic rings. The second kappa shape index (κ2) is 12.0. The number of benzene rings is 1. The summed E-state index contributed by atoms with van der Waals surface area (Å²) in [7, 11) is 0. The Morgan fingerprint density at radius 2 is 1.67 bits per heavy atom. The predicted octanol–water partition coefficient (Wildman–Crippen LogP) is 3.92. The van der Waals surface area contributed by atoms with Crippen LogP contribution in [0.15, 0.2) is 24.3 Å². The second-order valence-electron chi connectivity index (χ2n) is 6.27. The zero-order valence-corrected chi connectivity index (χ0v) is 15.5. The lowest BCUT2D eigenvalue weighted by Crippen LogP contribution is -2.36. The first-order chi connectivity index (χ1) is 11.6. The molecule has 0 aromatic heterocycles. The van der Waals surface area contributed by atoms with Crippen LogP contribution in [-0.4, -0.2) is 48.1 Å². The van der Waals surface area contributed by atoms with Gasteiger partial charge in [-0.1, -0.05) is 33.6 Å². The van der Waals surface area contributed by atoms with E-state index in [1.54, 1.807) is 24.3 Å². The van der Waals surface area contributed by atoms with Crippen LogP contribution in [0.1, 0.15) is 63.2 Å². The zero-order chi connectivity index (χ0) is 17.8. The minimum atomic E-state index is -0.504. The highest BCUT2D eigenvalue weighted by molar-refractivity contribution is 5.95. The summed E-state index contributed by atoms with van der Waals surface area (Å²) in [5.41, 5.74) is 0.704. The summed E-state index contributed by atoms with van der Waals surface area (Å²) in [5, 5.41) is 10.2. The molecule has 0 aliphatic rings. The maximum atomic E-state index is 11.6. The third-order valence-electron chi connectivity index (χ3n) is 4.06. The van der Waals surface area contributed by atoms with Crippen LogP contribution in [0.4, 0.5) is 0 Å². The van der Waals surface area contributed by atoms with Gasteiger partial charge in [-0.25, -0.2) is 0 Å². The molecule has 0 amide bonds. The molecule has 0 saturated carbocycles. The first kappa shape index (κ1) is 20.7. The highest BCUT2D eigenvalue weighted by Crippen LogP contribution is 2.14. The Kier molecular flexibility index (Phi) is 10.4. The van der Waals surface area contributed by atoms with E-state index in [-0.39, 0.29) is 12.4 Å². The molecule has 136 valence electrons. The van der Waals surface area contributed by atoms with Gasteiger partial charge in [0.15, 0.2) is 5.78 Å². The summed E-state index contributed by atoms with van der Waals surface area (Å²) < 4.78 is 5.66. The van der Waals surface area contributed by atoms with E-state index in [9.17, 15) is 9.90 Å². The molecule has 0 saturated heterocycles. The molecule has 0 radical (unpaired) electrons. The van der Waals surface area contributed by atoms with Gasteiger partial charge in [0.25, 0.3) is 0 Å². The maximum Gasteiger partial charge on any atom is 0.162 e. The van der Waals surface area contributed by atoms with Gasteiger partial charge in [-0.2, -0.15) is 0 Å². The number of hydrogen-bond donors (Lipinski definition) is 1. The van der Waals surface area contributed by atoms with E-state index < -0.39 is 6.10 Å². The highest BCUT2D eigenvalue weighted by atomic mass is 16.5. The van der Waals surface area contributed by atoms with Gasteiger partial charge < -0.3 is 14.7 Å². The number of unbranched alkanes of at least 4 members (excludes halogenated alkanes) is 2. The van der Waals surface area contributed by atoms with E-state index >= 15 is 0 Å². The molecule has 4 heteroatoms. The first-order valence-corrected chi connectivity index (χ1v) is 9.27. The van der Waals surface area contributed by atoms with Crippen LogP contribution in [0, 0.1) is 0 Å². The van der Waals surface area contributed by atoms with Crippen LogP contribution in [0.5, 0.6) is 5.75 Å². The Bertz CT molecular complexity index is 450. The zero-order valence-electron chi connectivity index (χ0n) is 15.5. The Hall–Kier alpha value is -1.39. The van der Waals surface area contributed by atoms with Gasteiger partial charge in [-0.05, 0) is 50.2 Å². The summed E-state index contributed by atoms with van der Waals surface area (Å²) >= 11 is 0. The molecule has 0 unspecified atom stereocenters. The molecule has 0 bridgehead atoms. The summed E-state index contributed by atoms with van der Waals surface area (Å²) in [6, 6.07) is 7.15. The van der Waals surface area contributed by atoms with Crippen molar-refractivity contribution in [1.82, 2.24) is 4.90 Å². The first-order valence-electron chi connectivity index (χ1n) is 9.27. The summed E-state index contributed by atoms with van der Waals surface area (Å²) in [5.74, 6) is 0.819. The lowest BCUT2D eigenvalue weighted by Gasteiger charge is -2.25. The number of ketones is 1. The van der Waals surface area contributed by atoms with Crippen molar-refractivity contribution in [3.63, 3.8) is 0 Å². The minimum absolute atomic E-state index is 0.129. The third-order valence-corrected chi connectivity index (χ3v) is 4.06. The number of aliphatic hydroxyl groups excluding tert-OH is 1. The number of carbonyl (C=O) groups excluding carboxylic acids is 1. The maximum absolute atomic E-state index is 11.6. The molecule has 1 aromatic carbocycles. The molecular formula is C20H33NO3. The fourth-order valence-corrected chi connectivity index (χ4v) is 2.54. The minimum Gasteiger partial charge on any atom is -0.491 e. The number of ether oxygens (including phenoxy) is 1. The van der Waals surface area contributed by atoms with Crippen LogP contribution < -0.4 is 4.74 Å². The lowest BCUT2D eigenvalue weighted by molar-refractivity contribution is 0.0671. The fraction of sp³-hybridized carbons (Fsp3) is 0.650. The molecule has 1 rings (SSSR count). The molecule has 24 heavy (non-hydrogen) atoms. The van der Waals surface area contributed by atoms with Crippen LogP contribution in [0.2, 0.25) is 0 Å². The molecule has 4 nitrogen and oxygen atoms in total. The molecule has 0 heterocycles. The van der Waals surface area contributed by atoms with Crippen molar-refractivity contribution >= 4 is 5.78 Å². The number of nitrogens with zero attached hydrogens (tertiary/aromatic N) is 1. The van der Waals surface area contributed by atoms with Gasteiger partial charge in [-0.3, -0.25) is 4.79 Å². The van der Waals surface area contributed by atoms with Gasteiger partial charge in [0, 0.05) is 18.5 Å². The van der Waals surface area contributed by atoms with Crippen molar-refractivity contribution < 1.29 is 14.6 Å². The summed E-state index contributed by atoms with van der Waals surface area (Å²) in [4.78, 5) is 13.9. The van der Waals surface area contributed by atoms with Gasteiger partial charge in [-0.15, -0.1) is 0 Å². The molecule has 0 aliphatic heterocycles. The summed E-state index contributed by atoms with van der Waals surface area (Å²) in [6.07, 6.45) is 4.64. The van der Waals surface area contributed by atoms with Gasteiger partial charge in [0.1, 0.15) is 18.5 Å². The van der Waals surface area contributed by atoms with E-state index in [1.807, 2.05) is 6.92 Å². The van der Waals surface area contributed by atoms with E-state index in [4.69, 9.17) is 4.74 Å². The van der Waals surface area contributed by atoms with Crippen molar-refractivity contribution in [1.29, 1.82) is 0 Å². The number of rotatable bonds is 13. The van der Waals surface area contributed by atoms with Crippen molar-refractivity contribution in [2.45, 2.75) is 59.0 Å². The van der Waals surface area contributed by atoms with E-state index in [1.165, 1.54) is 0 Å². The predicted molar refractivity (Wildman–Crippen MR) is 98.8 cm³/mol. The third kappa shape index (κ3) is 7.93. The Balaban J connectivity index is 2.42. The molecule has 0 aliphatic carbocycles. The monoisotopic (exact) mass is 335 g/mol. The van der Waals surface area contributed by atoms with Gasteiger partial charge in [0.05, 0.1) is 0 Å². The fourth-order valence-electron chi connectivity index (χ4n) is 2.54. The highest BCUT2D eigenvalue weighted by Gasteiger charge is 2.12. The number of carbonyl (C=O) groups is 1. The molecule has 0 spiro atoms. The van der Waals surface area contributed by atoms with Gasteiger partial charge >= 0.3 is 0 Å². The Morgan fingerprint density at radius 3 is 2.17 bits per heavy atom. The molecular weight excluding hydrogens is 302 g/mol. The lowest BCUT2D eigenvalue weighted by atomic mass is 10.1. The van der Waals surface area contributed by atoms with Gasteiger partial charge in [0.2, 0.25) is 0 Å². The number of Topliss-reactive ketones (excluding diaryl/α,β-unsaturated/α-hetero) is 1. The van der Waals surface area contributed by atoms with Crippen LogP contribution >= 0.6 is 0 Å². The Morgan fingerprint density at radius 1 is 1.08 bits per heavy atom. The molecule has 1 atom stereocenters. The standard InChI is InChI=1S/C20H33NO3/c1-4-7-13-21(14-8-5-2)15-18(22)16-24-19-11-9-17(10-12-19)20(23)6-3/h9-12,18,22H,4-8,13-16H2,1-3H3/t18-/m0/s1. The van der Waals surface area contributed by atoms with E-state index in [2.05, 4.69) is 18.7 Å². The van der Waals surface area contributed by atoms with E-state index in [0.29, 0.717) is 24.3 Å². The van der Waals surface area contributed by atoms with Crippen molar-refractivity contribution in [3.05, 3.63) is 29.8 Å². The smallest absolute Gasteiger partial charge is 0.162 e. The quantitative estimate of drug-likeness (QED) is 0.555. The average molecular weight is 335 g/mol. The number of aliphatic hydroxyl groups is 1. The SMILES string of the molecule is CCCCN(CCCC)C[C@H](O)COc1ccc(C(=O)CC)cc1. The van der Waals surface area contributed by atoms with E-state index in [0.717, 1.165) is 38.8 Å². The van der Waals surface area contributed by atoms with Crippen molar-refractivity contribution in [2.75, 3.05) is 26.2 Å².